The van der Waals surface area contributed by atoms with Gasteiger partial charge in [0.2, 0.25) is 0 Å². The third-order valence-electron chi connectivity index (χ3n) is 4.27. The molecule has 0 N–H and O–H groups in total. The van der Waals surface area contributed by atoms with Crippen LogP contribution in [-0.2, 0) is 11.3 Å². The largest absolute Gasteiger partial charge is 0.485 e. The molecule has 0 bridgehead atoms. The molecule has 5 nitrogen and oxygen atoms in total. The standard InChI is InChI=1S/C20H19NO4/c22-17-13-19(21-9-11-23-12-10-21)25-20-16(17)7-4-8-18(20)24-14-15-5-2-1-3-6-15/h1-8,13H,9-12,14H2. The fraction of sp³-hybridized carbons (Fsp3) is 0.250. The molecule has 5 heteroatoms. The lowest BCUT2D eigenvalue weighted by Crippen LogP contribution is -2.36. The second-order valence-electron chi connectivity index (χ2n) is 5.96. The number of hydrogen-bond acceptors (Lipinski definition) is 5. The van der Waals surface area contributed by atoms with Gasteiger partial charge >= 0.3 is 0 Å². The average molecular weight is 337 g/mol. The highest BCUT2D eigenvalue weighted by atomic mass is 16.5. The van der Waals surface area contributed by atoms with Gasteiger partial charge in [-0.25, -0.2) is 0 Å². The van der Waals surface area contributed by atoms with Crippen molar-refractivity contribution in [1.29, 1.82) is 0 Å². The summed E-state index contributed by atoms with van der Waals surface area (Å²) in [5.41, 5.74) is 1.49. The summed E-state index contributed by atoms with van der Waals surface area (Å²) in [4.78, 5) is 14.5. The molecule has 0 saturated carbocycles. The van der Waals surface area contributed by atoms with E-state index in [0.717, 1.165) is 5.56 Å². The third-order valence-corrected chi connectivity index (χ3v) is 4.27. The lowest BCUT2D eigenvalue weighted by Gasteiger charge is -2.27. The van der Waals surface area contributed by atoms with E-state index in [9.17, 15) is 4.79 Å². The topological polar surface area (TPSA) is 51.9 Å². The quantitative estimate of drug-likeness (QED) is 0.732. The molecule has 128 valence electrons. The average Bonchev–Trinajstić information content (AvgIpc) is 2.68. The van der Waals surface area contributed by atoms with Crippen LogP contribution in [0.15, 0.2) is 63.8 Å². The number of benzene rings is 2. The number of para-hydroxylation sites is 1. The van der Waals surface area contributed by atoms with Gasteiger partial charge in [0.25, 0.3) is 0 Å². The molecular weight excluding hydrogens is 318 g/mol. The Kier molecular flexibility index (Phi) is 4.39. The van der Waals surface area contributed by atoms with Crippen LogP contribution in [-0.4, -0.2) is 26.3 Å². The minimum Gasteiger partial charge on any atom is -0.485 e. The van der Waals surface area contributed by atoms with E-state index in [2.05, 4.69) is 0 Å². The zero-order chi connectivity index (χ0) is 17.1. The van der Waals surface area contributed by atoms with Crippen molar-refractivity contribution in [3.05, 3.63) is 70.4 Å². The van der Waals surface area contributed by atoms with Crippen molar-refractivity contribution in [2.75, 3.05) is 31.2 Å². The maximum atomic E-state index is 12.5. The Balaban J connectivity index is 1.68. The summed E-state index contributed by atoms with van der Waals surface area (Å²) in [6, 6.07) is 16.9. The van der Waals surface area contributed by atoms with E-state index in [0.29, 0.717) is 55.5 Å². The summed E-state index contributed by atoms with van der Waals surface area (Å²) in [6.07, 6.45) is 0. The molecule has 0 aliphatic carbocycles. The van der Waals surface area contributed by atoms with E-state index in [1.54, 1.807) is 12.1 Å². The van der Waals surface area contributed by atoms with Crippen molar-refractivity contribution < 1.29 is 13.9 Å². The SMILES string of the molecule is O=c1cc(N2CCOCC2)oc2c(OCc3ccccc3)cccc12. The molecule has 4 rings (SSSR count). The van der Waals surface area contributed by atoms with Crippen molar-refractivity contribution in [3.8, 4) is 5.75 Å². The smallest absolute Gasteiger partial charge is 0.200 e. The minimum absolute atomic E-state index is 0.0621. The van der Waals surface area contributed by atoms with Crippen molar-refractivity contribution in [2.24, 2.45) is 0 Å². The van der Waals surface area contributed by atoms with Crippen LogP contribution in [0.2, 0.25) is 0 Å². The Morgan fingerprint density at radius 3 is 2.60 bits per heavy atom. The van der Waals surface area contributed by atoms with Crippen molar-refractivity contribution in [1.82, 2.24) is 0 Å². The highest BCUT2D eigenvalue weighted by molar-refractivity contribution is 5.83. The molecule has 1 fully saturated rings. The summed E-state index contributed by atoms with van der Waals surface area (Å²) in [6.45, 7) is 3.11. The maximum Gasteiger partial charge on any atom is 0.200 e. The zero-order valence-electron chi connectivity index (χ0n) is 13.8. The van der Waals surface area contributed by atoms with Gasteiger partial charge in [-0.2, -0.15) is 0 Å². The van der Waals surface area contributed by atoms with Crippen LogP contribution < -0.4 is 15.1 Å². The molecule has 0 amide bonds. The summed E-state index contributed by atoms with van der Waals surface area (Å²) >= 11 is 0. The van der Waals surface area contributed by atoms with E-state index >= 15 is 0 Å². The molecule has 1 aliphatic heterocycles. The van der Waals surface area contributed by atoms with Crippen LogP contribution >= 0.6 is 0 Å². The fourth-order valence-corrected chi connectivity index (χ4v) is 2.93. The molecule has 1 aromatic heterocycles. The van der Waals surface area contributed by atoms with Crippen LogP contribution in [0.5, 0.6) is 5.75 Å². The van der Waals surface area contributed by atoms with Gasteiger partial charge in [0, 0.05) is 19.2 Å². The first kappa shape index (κ1) is 15.7. The van der Waals surface area contributed by atoms with Crippen molar-refractivity contribution >= 4 is 16.9 Å². The first-order valence-electron chi connectivity index (χ1n) is 8.37. The minimum atomic E-state index is -0.0621. The maximum absolute atomic E-state index is 12.5. The monoisotopic (exact) mass is 337 g/mol. The number of nitrogens with zero attached hydrogens (tertiary/aromatic N) is 1. The summed E-state index contributed by atoms with van der Waals surface area (Å²) in [7, 11) is 0. The van der Waals surface area contributed by atoms with Gasteiger partial charge in [-0.3, -0.25) is 4.79 Å². The number of rotatable bonds is 4. The Hall–Kier alpha value is -2.79. The highest BCUT2D eigenvalue weighted by Gasteiger charge is 2.17. The Morgan fingerprint density at radius 1 is 1.00 bits per heavy atom. The van der Waals surface area contributed by atoms with Crippen molar-refractivity contribution in [3.63, 3.8) is 0 Å². The zero-order valence-corrected chi connectivity index (χ0v) is 13.8. The van der Waals surface area contributed by atoms with Crippen LogP contribution in [0.4, 0.5) is 5.88 Å². The van der Waals surface area contributed by atoms with Gasteiger partial charge in [-0.1, -0.05) is 36.4 Å². The molecule has 2 aromatic carbocycles. The number of hydrogen-bond donors (Lipinski definition) is 0. The molecule has 0 atom stereocenters. The van der Waals surface area contributed by atoms with E-state index in [4.69, 9.17) is 13.9 Å². The van der Waals surface area contributed by atoms with Gasteiger partial charge in [0.05, 0.1) is 18.6 Å². The number of anilines is 1. The van der Waals surface area contributed by atoms with Gasteiger partial charge in [-0.05, 0) is 17.7 Å². The predicted molar refractivity (Wildman–Crippen MR) is 96.3 cm³/mol. The van der Waals surface area contributed by atoms with E-state index in [1.165, 1.54) is 0 Å². The Bertz CT molecular complexity index is 914. The second kappa shape index (κ2) is 6.99. The molecule has 0 spiro atoms. The highest BCUT2D eigenvalue weighted by Crippen LogP contribution is 2.28. The van der Waals surface area contributed by atoms with Gasteiger partial charge < -0.3 is 18.8 Å². The number of ether oxygens (including phenoxy) is 2. The normalized spacial score (nSPS) is 14.6. The van der Waals surface area contributed by atoms with Crippen LogP contribution in [0.25, 0.3) is 11.0 Å². The number of fused-ring (bicyclic) bond motifs is 1. The molecule has 3 aromatic rings. The molecular formula is C20H19NO4. The summed E-state index contributed by atoms with van der Waals surface area (Å²) in [5.74, 6) is 1.14. The van der Waals surface area contributed by atoms with E-state index in [1.807, 2.05) is 47.4 Å². The molecule has 0 radical (unpaired) electrons. The van der Waals surface area contributed by atoms with Crippen LogP contribution in [0.3, 0.4) is 0 Å². The van der Waals surface area contributed by atoms with E-state index in [-0.39, 0.29) is 5.43 Å². The second-order valence-corrected chi connectivity index (χ2v) is 5.96. The molecule has 25 heavy (non-hydrogen) atoms. The molecule has 1 aliphatic rings. The first-order chi connectivity index (χ1) is 12.3. The summed E-state index contributed by atoms with van der Waals surface area (Å²) < 4.78 is 17.3. The van der Waals surface area contributed by atoms with E-state index < -0.39 is 0 Å². The first-order valence-corrected chi connectivity index (χ1v) is 8.37. The molecule has 0 unspecified atom stereocenters. The lowest BCUT2D eigenvalue weighted by atomic mass is 10.2. The lowest BCUT2D eigenvalue weighted by molar-refractivity contribution is 0.120. The Morgan fingerprint density at radius 2 is 1.80 bits per heavy atom. The van der Waals surface area contributed by atoms with Crippen LogP contribution in [0.1, 0.15) is 5.56 Å². The number of morpholine rings is 1. The molecule has 2 heterocycles. The Labute approximate surface area is 145 Å². The fourth-order valence-electron chi connectivity index (χ4n) is 2.93. The summed E-state index contributed by atoms with van der Waals surface area (Å²) in [5, 5.41) is 0.530. The van der Waals surface area contributed by atoms with Gasteiger partial charge in [0.1, 0.15) is 6.61 Å². The third kappa shape index (κ3) is 3.37. The van der Waals surface area contributed by atoms with Gasteiger partial charge in [-0.15, -0.1) is 0 Å². The molecule has 1 saturated heterocycles. The van der Waals surface area contributed by atoms with Gasteiger partial charge in [0.15, 0.2) is 22.6 Å². The predicted octanol–water partition coefficient (Wildman–Crippen LogP) is 3.21. The van der Waals surface area contributed by atoms with Crippen molar-refractivity contribution in [2.45, 2.75) is 6.61 Å². The van der Waals surface area contributed by atoms with Crippen LogP contribution in [0, 0.1) is 0 Å².